The molecule has 1 aromatic heterocycles. The third kappa shape index (κ3) is 1.95. The predicted octanol–water partition coefficient (Wildman–Crippen LogP) is 1.18. The third-order valence-electron chi connectivity index (χ3n) is 0.981. The van der Waals surface area contributed by atoms with E-state index in [1.165, 1.54) is 12.5 Å². The first-order valence-corrected chi connectivity index (χ1v) is 3.91. The summed E-state index contributed by atoms with van der Waals surface area (Å²) in [5.41, 5.74) is 0. The van der Waals surface area contributed by atoms with Crippen LogP contribution in [0.5, 0.6) is 0 Å². The highest BCUT2D eigenvalue weighted by Crippen LogP contribution is 1.97. The molecule has 0 bridgehead atoms. The Balaban J connectivity index is 2.48. The molecule has 0 spiro atoms. The molecule has 0 atom stereocenters. The van der Waals surface area contributed by atoms with Crippen molar-refractivity contribution in [3.63, 3.8) is 0 Å². The first-order chi connectivity index (χ1) is 4.83. The molecule has 0 amide bonds. The maximum absolute atomic E-state index is 10.7. The molecule has 0 saturated heterocycles. The summed E-state index contributed by atoms with van der Waals surface area (Å²) in [4.78, 5) is 14.5. The first-order valence-electron chi connectivity index (χ1n) is 2.79. The van der Waals surface area contributed by atoms with Gasteiger partial charge in [0.05, 0.1) is 17.9 Å². The van der Waals surface area contributed by atoms with Crippen LogP contribution in [0.15, 0.2) is 16.9 Å². The van der Waals surface area contributed by atoms with Gasteiger partial charge in [-0.2, -0.15) is 0 Å². The molecule has 0 N–H and O–H groups in total. The molecular formula is C6H6BrNO2. The quantitative estimate of drug-likeness (QED) is 0.694. The van der Waals surface area contributed by atoms with Gasteiger partial charge < -0.3 is 4.42 Å². The van der Waals surface area contributed by atoms with Gasteiger partial charge in [-0.05, 0) is 0 Å². The van der Waals surface area contributed by atoms with Crippen LogP contribution in [0.25, 0.3) is 0 Å². The van der Waals surface area contributed by atoms with Gasteiger partial charge in [-0.1, -0.05) is 15.9 Å². The minimum absolute atomic E-state index is 0.0717. The number of aromatic nitrogens is 1. The van der Waals surface area contributed by atoms with E-state index in [0.717, 1.165) is 0 Å². The topological polar surface area (TPSA) is 43.1 Å². The summed E-state index contributed by atoms with van der Waals surface area (Å²) in [6.45, 7) is 0. The highest BCUT2D eigenvalue weighted by Gasteiger charge is 2.03. The van der Waals surface area contributed by atoms with E-state index in [1.807, 2.05) is 0 Å². The fraction of sp³-hybridized carbons (Fsp3) is 0.333. The van der Waals surface area contributed by atoms with Crippen molar-refractivity contribution >= 4 is 21.7 Å². The average Bonchev–Trinajstić information content (AvgIpc) is 2.40. The zero-order valence-corrected chi connectivity index (χ0v) is 6.80. The smallest absolute Gasteiger partial charge is 0.201 e. The van der Waals surface area contributed by atoms with Crippen LogP contribution in [0.3, 0.4) is 0 Å². The predicted molar refractivity (Wildman–Crippen MR) is 39.0 cm³/mol. The fourth-order valence-corrected chi connectivity index (χ4v) is 0.754. The van der Waals surface area contributed by atoms with Gasteiger partial charge in [0, 0.05) is 0 Å². The Kier molecular flexibility index (Phi) is 2.62. The lowest BCUT2D eigenvalue weighted by molar-refractivity contribution is -0.116. The monoisotopic (exact) mass is 203 g/mol. The Morgan fingerprint density at radius 1 is 1.80 bits per heavy atom. The molecule has 10 heavy (non-hydrogen) atoms. The first kappa shape index (κ1) is 7.47. The van der Waals surface area contributed by atoms with Crippen LogP contribution in [0, 0.1) is 0 Å². The Hall–Kier alpha value is -0.640. The van der Waals surface area contributed by atoms with Gasteiger partial charge in [-0.15, -0.1) is 0 Å². The van der Waals surface area contributed by atoms with Crippen LogP contribution in [0.2, 0.25) is 0 Å². The number of alkyl halides is 1. The van der Waals surface area contributed by atoms with Crippen molar-refractivity contribution in [2.75, 3.05) is 5.33 Å². The summed E-state index contributed by atoms with van der Waals surface area (Å²) in [6, 6.07) is 0. The molecule has 0 saturated carbocycles. The lowest BCUT2D eigenvalue weighted by Crippen LogP contribution is -2.03. The van der Waals surface area contributed by atoms with Crippen LogP contribution in [-0.2, 0) is 11.2 Å². The van der Waals surface area contributed by atoms with E-state index in [1.54, 1.807) is 0 Å². The summed E-state index contributed by atoms with van der Waals surface area (Å²) in [5.74, 6) is 0.548. The SMILES string of the molecule is O=C(CBr)Cc1ncco1. The van der Waals surface area contributed by atoms with Gasteiger partial charge in [0.1, 0.15) is 6.26 Å². The van der Waals surface area contributed by atoms with E-state index in [-0.39, 0.29) is 12.2 Å². The molecule has 0 aliphatic rings. The number of hydrogen-bond acceptors (Lipinski definition) is 3. The molecule has 0 fully saturated rings. The molecule has 0 radical (unpaired) electrons. The maximum atomic E-state index is 10.7. The number of Topliss-reactive ketones (excluding diaryl/α,β-unsaturated/α-hetero) is 1. The average molecular weight is 204 g/mol. The van der Waals surface area contributed by atoms with Crippen molar-refractivity contribution < 1.29 is 9.21 Å². The largest absolute Gasteiger partial charge is 0.449 e. The van der Waals surface area contributed by atoms with E-state index in [4.69, 9.17) is 4.42 Å². The van der Waals surface area contributed by atoms with Crippen molar-refractivity contribution in [1.82, 2.24) is 4.98 Å². The van der Waals surface area contributed by atoms with Crippen molar-refractivity contribution in [2.45, 2.75) is 6.42 Å². The van der Waals surface area contributed by atoms with Crippen molar-refractivity contribution in [3.05, 3.63) is 18.4 Å². The zero-order chi connectivity index (χ0) is 7.40. The summed E-state index contributed by atoms with van der Waals surface area (Å²) < 4.78 is 4.85. The van der Waals surface area contributed by atoms with Gasteiger partial charge in [-0.3, -0.25) is 4.79 Å². The van der Waals surface area contributed by atoms with Gasteiger partial charge in [0.15, 0.2) is 5.78 Å². The number of carbonyl (C=O) groups excluding carboxylic acids is 1. The number of rotatable bonds is 3. The number of ketones is 1. The highest BCUT2D eigenvalue weighted by atomic mass is 79.9. The molecule has 0 aliphatic carbocycles. The van der Waals surface area contributed by atoms with E-state index in [0.29, 0.717) is 11.2 Å². The van der Waals surface area contributed by atoms with Crippen molar-refractivity contribution in [1.29, 1.82) is 0 Å². The van der Waals surface area contributed by atoms with E-state index in [9.17, 15) is 4.79 Å². The molecule has 1 aromatic rings. The Morgan fingerprint density at radius 2 is 2.60 bits per heavy atom. The van der Waals surface area contributed by atoms with Crippen LogP contribution in [0.1, 0.15) is 5.89 Å². The second kappa shape index (κ2) is 3.51. The molecule has 0 unspecified atom stereocenters. The van der Waals surface area contributed by atoms with Crippen LogP contribution < -0.4 is 0 Å². The highest BCUT2D eigenvalue weighted by molar-refractivity contribution is 9.09. The normalized spacial score (nSPS) is 9.70. The molecule has 0 aromatic carbocycles. The molecule has 54 valence electrons. The molecule has 1 heterocycles. The number of hydrogen-bond donors (Lipinski definition) is 0. The molecular weight excluding hydrogens is 198 g/mol. The second-order valence-electron chi connectivity index (χ2n) is 1.77. The second-order valence-corrected chi connectivity index (χ2v) is 2.34. The standard InChI is InChI=1S/C6H6BrNO2/c7-4-5(9)3-6-8-1-2-10-6/h1-2H,3-4H2. The van der Waals surface area contributed by atoms with Crippen LogP contribution >= 0.6 is 15.9 Å². The zero-order valence-electron chi connectivity index (χ0n) is 5.21. The number of carbonyl (C=O) groups is 1. The summed E-state index contributed by atoms with van der Waals surface area (Å²) in [5, 5.41) is 0.357. The summed E-state index contributed by atoms with van der Waals surface area (Å²) >= 11 is 3.04. The molecule has 3 nitrogen and oxygen atoms in total. The lowest BCUT2D eigenvalue weighted by Gasteiger charge is -1.88. The van der Waals surface area contributed by atoms with E-state index in [2.05, 4.69) is 20.9 Å². The Bertz CT molecular complexity index is 208. The number of halogens is 1. The third-order valence-corrected chi connectivity index (χ3v) is 1.61. The number of oxazole rings is 1. The molecule has 4 heteroatoms. The Morgan fingerprint density at radius 3 is 3.10 bits per heavy atom. The fourth-order valence-electron chi connectivity index (χ4n) is 0.556. The number of nitrogens with zero attached hydrogens (tertiary/aromatic N) is 1. The molecule has 1 rings (SSSR count). The van der Waals surface area contributed by atoms with E-state index >= 15 is 0 Å². The maximum Gasteiger partial charge on any atom is 0.201 e. The van der Waals surface area contributed by atoms with Crippen molar-refractivity contribution in [2.24, 2.45) is 0 Å². The van der Waals surface area contributed by atoms with Gasteiger partial charge in [-0.25, -0.2) is 4.98 Å². The van der Waals surface area contributed by atoms with Gasteiger partial charge in [0.25, 0.3) is 0 Å². The summed E-state index contributed by atoms with van der Waals surface area (Å²) in [7, 11) is 0. The lowest BCUT2D eigenvalue weighted by atomic mass is 10.3. The minimum atomic E-state index is 0.0717. The van der Waals surface area contributed by atoms with Crippen molar-refractivity contribution in [3.8, 4) is 0 Å². The van der Waals surface area contributed by atoms with Gasteiger partial charge >= 0.3 is 0 Å². The van der Waals surface area contributed by atoms with Crippen LogP contribution in [0.4, 0.5) is 0 Å². The van der Waals surface area contributed by atoms with Gasteiger partial charge in [0.2, 0.25) is 5.89 Å². The molecule has 0 aliphatic heterocycles. The Labute approximate surface area is 66.6 Å². The summed E-state index contributed by atoms with van der Waals surface area (Å²) in [6.07, 6.45) is 3.26. The van der Waals surface area contributed by atoms with Crippen LogP contribution in [-0.4, -0.2) is 16.1 Å². The van der Waals surface area contributed by atoms with E-state index < -0.39 is 0 Å². The minimum Gasteiger partial charge on any atom is -0.449 e.